The first-order chi connectivity index (χ1) is 8.31. The van der Waals surface area contributed by atoms with Crippen molar-refractivity contribution in [3.8, 4) is 0 Å². The third-order valence-electron chi connectivity index (χ3n) is 2.32. The van der Waals surface area contributed by atoms with Gasteiger partial charge in [-0.2, -0.15) is 0 Å². The highest BCUT2D eigenvalue weighted by molar-refractivity contribution is 5.94. The Morgan fingerprint density at radius 2 is 1.78 bits per heavy atom. The molecule has 0 aromatic heterocycles. The van der Waals surface area contributed by atoms with Gasteiger partial charge < -0.3 is 11.1 Å². The van der Waals surface area contributed by atoms with E-state index in [0.717, 1.165) is 0 Å². The van der Waals surface area contributed by atoms with Crippen molar-refractivity contribution in [2.75, 3.05) is 5.32 Å². The molecule has 0 saturated carbocycles. The Hall–Kier alpha value is -1.56. The molecule has 1 aromatic rings. The van der Waals surface area contributed by atoms with Gasteiger partial charge in [-0.05, 0) is 12.3 Å². The first kappa shape index (κ1) is 14.5. The number of halogens is 3. The molecule has 1 amide bonds. The molecule has 0 unspecified atom stereocenters. The van der Waals surface area contributed by atoms with E-state index in [2.05, 4.69) is 0 Å². The number of carbonyl (C=O) groups is 1. The molecule has 100 valence electrons. The first-order valence-electron chi connectivity index (χ1n) is 5.52. The minimum Gasteiger partial charge on any atom is -0.320 e. The van der Waals surface area contributed by atoms with Crippen LogP contribution in [0.5, 0.6) is 0 Å². The first-order valence-corrected chi connectivity index (χ1v) is 5.52. The minimum atomic E-state index is -1.17. The van der Waals surface area contributed by atoms with Gasteiger partial charge in [-0.25, -0.2) is 13.2 Å². The lowest BCUT2D eigenvalue weighted by atomic mass is 10.0. The molecule has 0 radical (unpaired) electrons. The highest BCUT2D eigenvalue weighted by atomic mass is 19.1. The molecule has 0 fully saturated rings. The lowest BCUT2D eigenvalue weighted by Crippen LogP contribution is -2.37. The second kappa shape index (κ2) is 5.86. The fourth-order valence-corrected chi connectivity index (χ4v) is 1.49. The lowest BCUT2D eigenvalue weighted by Gasteiger charge is -2.14. The number of anilines is 1. The monoisotopic (exact) mass is 260 g/mol. The summed E-state index contributed by atoms with van der Waals surface area (Å²) in [5, 5.41) is 2.03. The molecule has 1 rings (SSSR count). The average Bonchev–Trinajstić information content (AvgIpc) is 2.21. The van der Waals surface area contributed by atoms with Crippen LogP contribution in [0.4, 0.5) is 18.9 Å². The fourth-order valence-electron chi connectivity index (χ4n) is 1.49. The van der Waals surface area contributed by atoms with Gasteiger partial charge in [0.2, 0.25) is 5.91 Å². The molecule has 0 aliphatic carbocycles. The van der Waals surface area contributed by atoms with Gasteiger partial charge in [0.15, 0.2) is 11.6 Å². The molecule has 0 heterocycles. The third-order valence-corrected chi connectivity index (χ3v) is 2.32. The fraction of sp³-hybridized carbons (Fsp3) is 0.417. The Morgan fingerprint density at radius 3 is 2.22 bits per heavy atom. The number of nitrogens with two attached hydrogens (primary N) is 1. The van der Waals surface area contributed by atoms with Crippen molar-refractivity contribution in [1.29, 1.82) is 0 Å². The van der Waals surface area contributed by atoms with Crippen LogP contribution in [0, 0.1) is 23.4 Å². The number of benzene rings is 1. The molecule has 3 nitrogen and oxygen atoms in total. The maximum Gasteiger partial charge on any atom is 0.241 e. The van der Waals surface area contributed by atoms with E-state index in [1.165, 1.54) is 0 Å². The number of hydrogen-bond acceptors (Lipinski definition) is 2. The molecule has 6 heteroatoms. The quantitative estimate of drug-likeness (QED) is 0.873. The summed E-state index contributed by atoms with van der Waals surface area (Å²) in [5.41, 5.74) is 4.89. The zero-order chi connectivity index (χ0) is 13.9. The minimum absolute atomic E-state index is 0.175. The van der Waals surface area contributed by atoms with E-state index in [0.29, 0.717) is 18.6 Å². The predicted octanol–water partition coefficient (Wildman–Crippen LogP) is 2.42. The summed E-state index contributed by atoms with van der Waals surface area (Å²) in [6, 6.07) is 0.119. The van der Waals surface area contributed by atoms with Gasteiger partial charge in [-0.1, -0.05) is 13.8 Å². The van der Waals surface area contributed by atoms with Gasteiger partial charge in [-0.15, -0.1) is 0 Å². The maximum absolute atomic E-state index is 13.3. The Kier molecular flexibility index (Phi) is 4.72. The van der Waals surface area contributed by atoms with Gasteiger partial charge >= 0.3 is 0 Å². The van der Waals surface area contributed by atoms with E-state index in [-0.39, 0.29) is 5.92 Å². The summed E-state index contributed by atoms with van der Waals surface area (Å²) >= 11 is 0. The van der Waals surface area contributed by atoms with Crippen molar-refractivity contribution in [2.45, 2.75) is 26.3 Å². The molecule has 3 N–H and O–H groups in total. The van der Waals surface area contributed by atoms with E-state index in [4.69, 9.17) is 5.73 Å². The predicted molar refractivity (Wildman–Crippen MR) is 62.4 cm³/mol. The Morgan fingerprint density at radius 1 is 1.28 bits per heavy atom. The van der Waals surface area contributed by atoms with Crippen LogP contribution in [-0.2, 0) is 4.79 Å². The largest absolute Gasteiger partial charge is 0.320 e. The van der Waals surface area contributed by atoms with Gasteiger partial charge in [0, 0.05) is 12.1 Å². The van der Waals surface area contributed by atoms with Crippen molar-refractivity contribution >= 4 is 11.6 Å². The van der Waals surface area contributed by atoms with Crippen LogP contribution in [0.15, 0.2) is 12.1 Å². The lowest BCUT2D eigenvalue weighted by molar-refractivity contribution is -0.117. The summed E-state index contributed by atoms with van der Waals surface area (Å²) in [5.74, 6) is -3.91. The van der Waals surface area contributed by atoms with Crippen LogP contribution < -0.4 is 11.1 Å². The van der Waals surface area contributed by atoms with Gasteiger partial charge in [0.25, 0.3) is 0 Å². The second-order valence-electron chi connectivity index (χ2n) is 4.47. The van der Waals surface area contributed by atoms with Crippen molar-refractivity contribution in [3.05, 3.63) is 29.6 Å². The van der Waals surface area contributed by atoms with Crippen molar-refractivity contribution in [2.24, 2.45) is 11.7 Å². The average molecular weight is 260 g/mol. The smallest absolute Gasteiger partial charge is 0.241 e. The maximum atomic E-state index is 13.3. The summed E-state index contributed by atoms with van der Waals surface area (Å²) < 4.78 is 39.2. The third kappa shape index (κ3) is 3.73. The Balaban J connectivity index is 2.82. The van der Waals surface area contributed by atoms with Crippen molar-refractivity contribution in [3.63, 3.8) is 0 Å². The SMILES string of the molecule is CC(C)C[C@@H](N)C(=O)Nc1c(F)cc(F)cc1F. The Labute approximate surface area is 103 Å². The van der Waals surface area contributed by atoms with Crippen LogP contribution in [0.1, 0.15) is 20.3 Å². The number of nitrogens with one attached hydrogen (secondary N) is 1. The van der Waals surface area contributed by atoms with Gasteiger partial charge in [0.1, 0.15) is 11.5 Å². The number of hydrogen-bond donors (Lipinski definition) is 2. The number of amides is 1. The van der Waals surface area contributed by atoms with E-state index in [1.54, 1.807) is 0 Å². The van der Waals surface area contributed by atoms with Gasteiger partial charge in [-0.3, -0.25) is 4.79 Å². The van der Waals surface area contributed by atoms with Crippen LogP contribution in [0.2, 0.25) is 0 Å². The number of rotatable bonds is 4. The van der Waals surface area contributed by atoms with E-state index in [1.807, 2.05) is 19.2 Å². The summed E-state index contributed by atoms with van der Waals surface area (Å²) in [7, 11) is 0. The van der Waals surface area contributed by atoms with E-state index in [9.17, 15) is 18.0 Å². The molecule has 0 aliphatic rings. The van der Waals surface area contributed by atoms with Crippen molar-refractivity contribution in [1.82, 2.24) is 0 Å². The van der Waals surface area contributed by atoms with E-state index >= 15 is 0 Å². The highest BCUT2D eigenvalue weighted by Crippen LogP contribution is 2.20. The zero-order valence-electron chi connectivity index (χ0n) is 10.1. The van der Waals surface area contributed by atoms with Crippen LogP contribution in [0.25, 0.3) is 0 Å². The normalized spacial score (nSPS) is 12.6. The summed E-state index contributed by atoms with van der Waals surface area (Å²) in [6.45, 7) is 3.73. The molecule has 18 heavy (non-hydrogen) atoms. The van der Waals surface area contributed by atoms with Crippen LogP contribution >= 0.6 is 0 Å². The van der Waals surface area contributed by atoms with Crippen molar-refractivity contribution < 1.29 is 18.0 Å². The highest BCUT2D eigenvalue weighted by Gasteiger charge is 2.19. The molecule has 0 bridgehead atoms. The summed E-state index contributed by atoms with van der Waals surface area (Å²) in [4.78, 5) is 11.6. The Bertz CT molecular complexity index is 426. The van der Waals surface area contributed by atoms with Gasteiger partial charge in [0.05, 0.1) is 6.04 Å². The summed E-state index contributed by atoms with van der Waals surface area (Å²) in [6.07, 6.45) is 0.385. The standard InChI is InChI=1S/C12H15F3N2O/c1-6(2)3-10(16)12(18)17-11-8(14)4-7(13)5-9(11)15/h4-6,10H,3,16H2,1-2H3,(H,17,18)/t10-/m1/s1. The topological polar surface area (TPSA) is 55.1 Å². The van der Waals surface area contributed by atoms with E-state index < -0.39 is 35.1 Å². The number of carbonyl (C=O) groups excluding carboxylic acids is 1. The van der Waals surface area contributed by atoms with Crippen LogP contribution in [0.3, 0.4) is 0 Å². The molecule has 0 spiro atoms. The molecule has 1 aromatic carbocycles. The second-order valence-corrected chi connectivity index (χ2v) is 4.47. The molecule has 0 saturated heterocycles. The van der Waals surface area contributed by atoms with Crippen LogP contribution in [-0.4, -0.2) is 11.9 Å². The molecular weight excluding hydrogens is 245 g/mol. The zero-order valence-corrected chi connectivity index (χ0v) is 10.1. The molecule has 0 aliphatic heterocycles. The molecular formula is C12H15F3N2O. The molecule has 1 atom stereocenters.